The van der Waals surface area contributed by atoms with E-state index in [1.54, 1.807) is 0 Å². The summed E-state index contributed by atoms with van der Waals surface area (Å²) in [5.74, 6) is -0.241. The van der Waals surface area contributed by atoms with E-state index in [4.69, 9.17) is 28.4 Å². The number of carbonyl (C=O) groups excluding carboxylic acids is 6. The molecule has 0 radical (unpaired) electrons. The maximum atomic E-state index is 13.8. The maximum absolute atomic E-state index is 13.8. The molecule has 1 saturated heterocycles. The predicted octanol–water partition coefficient (Wildman–Crippen LogP) is 11.7. The molecule has 4 aliphatic carbocycles. The van der Waals surface area contributed by atoms with Crippen LogP contribution < -0.4 is 0 Å². The van der Waals surface area contributed by atoms with Gasteiger partial charge in [-0.15, -0.1) is 0 Å². The molecule has 0 spiro atoms. The van der Waals surface area contributed by atoms with Crippen LogP contribution in [0.1, 0.15) is 213 Å². The van der Waals surface area contributed by atoms with E-state index in [1.165, 1.54) is 57.8 Å². The number of esters is 6. The first-order valence-electron chi connectivity index (χ1n) is 28.0. The van der Waals surface area contributed by atoms with E-state index in [9.17, 15) is 28.8 Å². The van der Waals surface area contributed by atoms with Crippen molar-refractivity contribution in [2.75, 3.05) is 59.3 Å². The summed E-state index contributed by atoms with van der Waals surface area (Å²) >= 11 is 0. The molecule has 0 aromatic carbocycles. The molecule has 0 atom stereocenters. The summed E-state index contributed by atoms with van der Waals surface area (Å²) in [7, 11) is 0. The van der Waals surface area contributed by atoms with Crippen LogP contribution in [0.3, 0.4) is 0 Å². The van der Waals surface area contributed by atoms with E-state index in [-0.39, 0.29) is 81.9 Å². The van der Waals surface area contributed by atoms with Crippen LogP contribution in [-0.4, -0.2) is 100.0 Å². The van der Waals surface area contributed by atoms with E-state index >= 15 is 0 Å². The van der Waals surface area contributed by atoms with Crippen LogP contribution in [0, 0.1) is 28.6 Å². The van der Waals surface area contributed by atoms with Crippen molar-refractivity contribution in [3.05, 3.63) is 24.3 Å². The number of unbranched alkanes of at least 4 members (excludes halogenated alkanes) is 10. The molecule has 5 aliphatic rings. The molecule has 1 aliphatic heterocycles. The highest BCUT2D eigenvalue weighted by molar-refractivity contribution is 5.72. The second-order valence-electron chi connectivity index (χ2n) is 21.5. The fourth-order valence-electron chi connectivity index (χ4n) is 11.3. The van der Waals surface area contributed by atoms with Crippen LogP contribution in [0.2, 0.25) is 0 Å². The van der Waals surface area contributed by atoms with Gasteiger partial charge in [-0.25, -0.2) is 0 Å². The molecule has 13 heteroatoms. The van der Waals surface area contributed by atoms with Gasteiger partial charge in [-0.1, -0.05) is 76.7 Å². The zero-order chi connectivity index (χ0) is 50.1. The highest BCUT2D eigenvalue weighted by Crippen LogP contribution is 2.61. The molecule has 4 bridgehead atoms. The van der Waals surface area contributed by atoms with Gasteiger partial charge in [-0.3, -0.25) is 28.8 Å². The van der Waals surface area contributed by atoms with Gasteiger partial charge >= 0.3 is 35.8 Å². The number of likely N-dealkylation sites (tertiary alicyclic amines) is 1. The van der Waals surface area contributed by atoms with Gasteiger partial charge in [0.2, 0.25) is 0 Å². The van der Waals surface area contributed by atoms with E-state index in [2.05, 4.69) is 43.1 Å². The molecule has 0 unspecified atom stereocenters. The molecule has 13 nitrogen and oxygen atoms in total. The van der Waals surface area contributed by atoms with Crippen molar-refractivity contribution in [2.45, 2.75) is 213 Å². The molecule has 70 heavy (non-hydrogen) atoms. The van der Waals surface area contributed by atoms with Gasteiger partial charge in [-0.2, -0.15) is 0 Å². The zero-order valence-electron chi connectivity index (χ0n) is 43.7. The predicted molar refractivity (Wildman–Crippen MR) is 270 cm³/mol. The lowest BCUT2D eigenvalue weighted by atomic mass is 9.49. The van der Waals surface area contributed by atoms with Crippen LogP contribution in [0.4, 0.5) is 0 Å². The quantitative estimate of drug-likeness (QED) is 0.0247. The Morgan fingerprint density at radius 2 is 0.829 bits per heavy atom. The Morgan fingerprint density at radius 1 is 0.457 bits per heavy atom. The summed E-state index contributed by atoms with van der Waals surface area (Å²) in [5.41, 5.74) is -1.39. The van der Waals surface area contributed by atoms with Crippen molar-refractivity contribution in [3.63, 3.8) is 0 Å². The van der Waals surface area contributed by atoms with Crippen molar-refractivity contribution in [1.29, 1.82) is 0 Å². The second-order valence-corrected chi connectivity index (χ2v) is 21.5. The lowest BCUT2D eigenvalue weighted by Gasteiger charge is -2.56. The minimum Gasteiger partial charge on any atom is -0.465 e. The van der Waals surface area contributed by atoms with E-state index in [0.29, 0.717) is 95.2 Å². The van der Waals surface area contributed by atoms with Crippen molar-refractivity contribution in [3.8, 4) is 0 Å². The molecule has 5 fully saturated rings. The average molecular weight is 984 g/mol. The smallest absolute Gasteiger partial charge is 0.306 e. The Bertz CT molecular complexity index is 1500. The van der Waals surface area contributed by atoms with Crippen molar-refractivity contribution < 1.29 is 57.2 Å². The van der Waals surface area contributed by atoms with E-state index in [1.807, 2.05) is 0 Å². The number of allylic oxidation sites excluding steroid dienone is 2. The molecule has 5 rings (SSSR count). The number of hydrogen-bond donors (Lipinski definition) is 0. The third-order valence-corrected chi connectivity index (χ3v) is 14.8. The first-order chi connectivity index (χ1) is 34.0. The minimum atomic E-state index is -1.34. The van der Waals surface area contributed by atoms with Crippen molar-refractivity contribution in [2.24, 2.45) is 28.6 Å². The Morgan fingerprint density at radius 3 is 1.24 bits per heavy atom. The number of rotatable bonds is 40. The molecule has 0 aromatic heterocycles. The summed E-state index contributed by atoms with van der Waals surface area (Å²) in [6.07, 6.45) is 33.5. The molecular formula is C57H93NO12. The topological polar surface area (TPSA) is 161 Å². The first kappa shape index (κ1) is 58.8. The van der Waals surface area contributed by atoms with Gasteiger partial charge in [0, 0.05) is 32.1 Å². The van der Waals surface area contributed by atoms with Gasteiger partial charge in [0.25, 0.3) is 0 Å². The number of ether oxygens (including phenoxy) is 6. The third kappa shape index (κ3) is 25.1. The van der Waals surface area contributed by atoms with Gasteiger partial charge in [-0.05, 0) is 165 Å². The summed E-state index contributed by atoms with van der Waals surface area (Å²) in [4.78, 5) is 80.4. The lowest BCUT2D eigenvalue weighted by Crippen LogP contribution is -2.47. The van der Waals surface area contributed by atoms with Gasteiger partial charge in [0.05, 0.1) is 19.6 Å². The van der Waals surface area contributed by atoms with Crippen LogP contribution in [0.15, 0.2) is 24.3 Å². The molecular weight excluding hydrogens is 891 g/mol. The van der Waals surface area contributed by atoms with Gasteiger partial charge in [0.1, 0.15) is 31.8 Å². The van der Waals surface area contributed by atoms with Crippen molar-refractivity contribution >= 4 is 35.8 Å². The minimum absolute atomic E-state index is 0.0570. The molecule has 398 valence electrons. The Balaban J connectivity index is 1.29. The highest BCUT2D eigenvalue weighted by atomic mass is 16.6. The fourth-order valence-corrected chi connectivity index (χ4v) is 11.3. The van der Waals surface area contributed by atoms with Crippen LogP contribution in [-0.2, 0) is 57.2 Å². The fraction of sp³-hybridized carbons (Fsp3) is 0.825. The van der Waals surface area contributed by atoms with E-state index in [0.717, 1.165) is 64.6 Å². The Kier molecular flexibility index (Phi) is 29.1. The number of nitrogens with zero attached hydrogens (tertiary/aromatic N) is 1. The molecule has 0 N–H and O–H groups in total. The second kappa shape index (κ2) is 34.6. The van der Waals surface area contributed by atoms with Crippen LogP contribution >= 0.6 is 0 Å². The zero-order valence-corrected chi connectivity index (χ0v) is 43.7. The normalized spacial score (nSPS) is 20.8. The Labute approximate surface area is 421 Å². The van der Waals surface area contributed by atoms with Crippen molar-refractivity contribution in [1.82, 2.24) is 4.90 Å². The summed E-state index contributed by atoms with van der Waals surface area (Å²) < 4.78 is 34.4. The molecule has 0 amide bonds. The summed E-state index contributed by atoms with van der Waals surface area (Å²) in [6, 6.07) is 0. The van der Waals surface area contributed by atoms with Gasteiger partial charge in [0.15, 0.2) is 0 Å². The monoisotopic (exact) mass is 984 g/mol. The highest BCUT2D eigenvalue weighted by Gasteiger charge is 2.52. The summed E-state index contributed by atoms with van der Waals surface area (Å²) in [6.45, 7) is 6.81. The summed E-state index contributed by atoms with van der Waals surface area (Å²) in [5, 5.41) is 0. The third-order valence-electron chi connectivity index (χ3n) is 14.8. The Hall–Kier alpha value is -3.74. The molecule has 4 saturated carbocycles. The number of hydrogen-bond acceptors (Lipinski definition) is 13. The standard InChI is InChI=1S/C57H93NO12/c1-3-5-7-9-11-13-23-34-65-50(59)26-17-15-19-28-52(61)67-43-57(45-69-54(63)30-25-33-58-31-21-22-32-58,46-70-55(64)42-56-39-47-36-48(40-56)38-49(37-47)41-56)44-68-53(62)29-20-16-18-27-51(60)66-35-24-14-12-10-8-6-4-2/h11-14,47-49H,3-10,15-46H2,1-2H3/b13-11-,14-12-. The molecule has 0 aromatic rings. The first-order valence-corrected chi connectivity index (χ1v) is 28.0. The maximum Gasteiger partial charge on any atom is 0.306 e. The van der Waals surface area contributed by atoms with Crippen LogP contribution in [0.25, 0.3) is 0 Å². The lowest BCUT2D eigenvalue weighted by molar-refractivity contribution is -0.173. The van der Waals surface area contributed by atoms with Crippen LogP contribution in [0.5, 0.6) is 0 Å². The van der Waals surface area contributed by atoms with Gasteiger partial charge < -0.3 is 33.3 Å². The SMILES string of the molecule is CCCCC/C=C\CCOC(=O)CCCCCC(=O)OCC(COC(=O)CCCCCC(=O)OCC/C=C\CCCCC)(COC(=O)CCCN1CCCC1)COC(=O)CC12CC3CC(CC(C3)C1)C2. The van der Waals surface area contributed by atoms with E-state index < -0.39 is 23.3 Å². The molecule has 1 heterocycles. The average Bonchev–Trinajstić information content (AvgIpc) is 3.85. The number of carbonyl (C=O) groups is 6. The largest absolute Gasteiger partial charge is 0.465 e.